The van der Waals surface area contributed by atoms with Gasteiger partial charge in [0, 0.05) is 51.0 Å². The molecule has 0 aromatic carbocycles. The van der Waals surface area contributed by atoms with Crippen LogP contribution in [0.25, 0.3) is 0 Å². The smallest absolute Gasteiger partial charge is 0.315 e. The van der Waals surface area contributed by atoms with Crippen molar-refractivity contribution in [2.75, 3.05) is 13.1 Å². The fourth-order valence-electron chi connectivity index (χ4n) is 3.21. The highest BCUT2D eigenvalue weighted by molar-refractivity contribution is 5.74. The molecule has 2 aromatic rings. The number of hydrogen-bond donors (Lipinski definition) is 4. The Bertz CT molecular complexity index is 692. The van der Waals surface area contributed by atoms with Crippen molar-refractivity contribution < 1.29 is 9.59 Å². The van der Waals surface area contributed by atoms with Crippen LogP contribution in [0.4, 0.5) is 9.59 Å². The Morgan fingerprint density at radius 2 is 0.875 bits per heavy atom. The lowest BCUT2D eigenvalue weighted by molar-refractivity contribution is 0.239. The molecule has 4 N–H and O–H groups in total. The van der Waals surface area contributed by atoms with E-state index in [-0.39, 0.29) is 12.1 Å². The number of rotatable bonds is 15. The van der Waals surface area contributed by atoms with Gasteiger partial charge >= 0.3 is 12.1 Å². The van der Waals surface area contributed by atoms with Crippen molar-refractivity contribution >= 4 is 12.1 Å². The van der Waals surface area contributed by atoms with Crippen molar-refractivity contribution in [1.82, 2.24) is 31.2 Å². The highest BCUT2D eigenvalue weighted by atomic mass is 16.2. The summed E-state index contributed by atoms with van der Waals surface area (Å²) in [6, 6.07) is 7.30. The summed E-state index contributed by atoms with van der Waals surface area (Å²) in [5.74, 6) is 0. The van der Waals surface area contributed by atoms with Crippen molar-refractivity contribution in [2.24, 2.45) is 0 Å². The molecule has 0 unspecified atom stereocenters. The number of hydrogen-bond acceptors (Lipinski definition) is 4. The number of nitrogens with zero attached hydrogens (tertiary/aromatic N) is 2. The summed E-state index contributed by atoms with van der Waals surface area (Å²) in [7, 11) is 0. The van der Waals surface area contributed by atoms with E-state index in [4.69, 9.17) is 0 Å². The zero-order valence-electron chi connectivity index (χ0n) is 18.8. The number of unbranched alkanes of at least 4 members (excludes halogenated alkanes) is 7. The molecular weight excluding hydrogens is 404 g/mol. The van der Waals surface area contributed by atoms with Gasteiger partial charge in [0.2, 0.25) is 0 Å². The van der Waals surface area contributed by atoms with Crippen LogP contribution in [0.2, 0.25) is 0 Å². The average Bonchev–Trinajstić information content (AvgIpc) is 2.83. The zero-order chi connectivity index (χ0) is 22.7. The van der Waals surface area contributed by atoms with Gasteiger partial charge in [0.15, 0.2) is 0 Å². The van der Waals surface area contributed by atoms with E-state index in [0.717, 1.165) is 36.8 Å². The Kier molecular flexibility index (Phi) is 13.0. The lowest BCUT2D eigenvalue weighted by Crippen LogP contribution is -2.35. The van der Waals surface area contributed by atoms with E-state index < -0.39 is 0 Å². The molecule has 0 saturated heterocycles. The van der Waals surface area contributed by atoms with Crippen molar-refractivity contribution in [1.29, 1.82) is 0 Å². The third-order valence-electron chi connectivity index (χ3n) is 5.08. The Balaban J connectivity index is 1.31. The van der Waals surface area contributed by atoms with Crippen LogP contribution >= 0.6 is 0 Å². The minimum atomic E-state index is -0.124. The maximum atomic E-state index is 11.8. The second-order valence-corrected chi connectivity index (χ2v) is 7.76. The average molecular weight is 441 g/mol. The maximum Gasteiger partial charge on any atom is 0.315 e. The van der Waals surface area contributed by atoms with Gasteiger partial charge in [-0.05, 0) is 48.2 Å². The molecule has 0 fully saturated rings. The van der Waals surface area contributed by atoms with Crippen LogP contribution in [-0.4, -0.2) is 35.1 Å². The van der Waals surface area contributed by atoms with E-state index in [1.54, 1.807) is 24.8 Å². The van der Waals surface area contributed by atoms with E-state index in [1.165, 1.54) is 25.7 Å². The first-order valence-electron chi connectivity index (χ1n) is 11.6. The largest absolute Gasteiger partial charge is 0.338 e. The second-order valence-electron chi connectivity index (χ2n) is 7.76. The number of carbonyl (C=O) groups excluding carboxylic acids is 2. The molecule has 8 nitrogen and oxygen atoms in total. The predicted octanol–water partition coefficient (Wildman–Crippen LogP) is 3.90. The number of pyridine rings is 2. The monoisotopic (exact) mass is 440 g/mol. The van der Waals surface area contributed by atoms with E-state index in [9.17, 15) is 9.59 Å². The number of nitrogens with one attached hydrogen (secondary N) is 4. The van der Waals surface area contributed by atoms with Gasteiger partial charge in [0.05, 0.1) is 0 Å². The van der Waals surface area contributed by atoms with Gasteiger partial charge < -0.3 is 21.3 Å². The van der Waals surface area contributed by atoms with Crippen LogP contribution in [-0.2, 0) is 13.1 Å². The molecule has 8 heteroatoms. The molecule has 0 bridgehead atoms. The first-order valence-corrected chi connectivity index (χ1v) is 11.6. The number of urea groups is 2. The number of aromatic nitrogens is 2. The fraction of sp³-hybridized carbons (Fsp3) is 0.500. The standard InChI is InChI=1S/C24H36N6O2/c31-23(29-19-21-9-15-25-16-10-21)27-13-7-5-3-1-2-4-6-8-14-28-24(32)30-20-22-11-17-26-18-12-22/h9-12,15-18H,1-8,13-14,19-20H2,(H2,27,29,31)(H2,28,30,32). The molecule has 0 aliphatic rings. The van der Waals surface area contributed by atoms with Gasteiger partial charge in [-0.1, -0.05) is 38.5 Å². The second kappa shape index (κ2) is 16.5. The van der Waals surface area contributed by atoms with Gasteiger partial charge in [0.1, 0.15) is 0 Å². The lowest BCUT2D eigenvalue weighted by Gasteiger charge is -2.08. The molecule has 2 aromatic heterocycles. The van der Waals surface area contributed by atoms with Crippen molar-refractivity contribution in [3.8, 4) is 0 Å². The van der Waals surface area contributed by atoms with Gasteiger partial charge in [-0.25, -0.2) is 9.59 Å². The molecule has 0 spiro atoms. The Morgan fingerprint density at radius 3 is 1.25 bits per heavy atom. The lowest BCUT2D eigenvalue weighted by atomic mass is 10.1. The highest BCUT2D eigenvalue weighted by Crippen LogP contribution is 2.08. The minimum absolute atomic E-state index is 0.124. The molecule has 32 heavy (non-hydrogen) atoms. The van der Waals surface area contributed by atoms with Crippen LogP contribution in [0.3, 0.4) is 0 Å². The molecule has 4 amide bonds. The summed E-state index contributed by atoms with van der Waals surface area (Å²) in [5, 5.41) is 11.5. The fourth-order valence-corrected chi connectivity index (χ4v) is 3.21. The van der Waals surface area contributed by atoms with Crippen LogP contribution in [0.1, 0.15) is 62.5 Å². The van der Waals surface area contributed by atoms with Gasteiger partial charge in [-0.3, -0.25) is 9.97 Å². The van der Waals surface area contributed by atoms with Gasteiger partial charge in [-0.2, -0.15) is 0 Å². The molecular formula is C24H36N6O2. The first-order chi connectivity index (χ1) is 15.7. The summed E-state index contributed by atoms with van der Waals surface area (Å²) in [5.41, 5.74) is 2.07. The third-order valence-corrected chi connectivity index (χ3v) is 5.08. The van der Waals surface area contributed by atoms with Gasteiger partial charge in [-0.15, -0.1) is 0 Å². The molecule has 0 saturated carbocycles. The molecule has 2 rings (SSSR count). The summed E-state index contributed by atoms with van der Waals surface area (Å²) in [6.45, 7) is 2.44. The van der Waals surface area contributed by atoms with Crippen molar-refractivity contribution in [3.05, 3.63) is 60.2 Å². The first kappa shape index (κ1) is 25.1. The minimum Gasteiger partial charge on any atom is -0.338 e. The van der Waals surface area contributed by atoms with E-state index in [0.29, 0.717) is 26.2 Å². The van der Waals surface area contributed by atoms with E-state index in [2.05, 4.69) is 31.2 Å². The molecule has 0 atom stereocenters. The molecule has 0 aliphatic carbocycles. The van der Waals surface area contributed by atoms with Crippen molar-refractivity contribution in [3.63, 3.8) is 0 Å². The Hall–Kier alpha value is -3.16. The molecule has 0 aliphatic heterocycles. The van der Waals surface area contributed by atoms with Crippen LogP contribution in [0.15, 0.2) is 49.1 Å². The van der Waals surface area contributed by atoms with Crippen LogP contribution in [0.5, 0.6) is 0 Å². The Labute approximate surface area is 191 Å². The number of amides is 4. The highest BCUT2D eigenvalue weighted by Gasteiger charge is 2.01. The molecule has 174 valence electrons. The van der Waals surface area contributed by atoms with Crippen LogP contribution in [0, 0.1) is 0 Å². The number of carbonyl (C=O) groups is 2. The molecule has 2 heterocycles. The quantitative estimate of drug-likeness (QED) is 0.315. The topological polar surface area (TPSA) is 108 Å². The third kappa shape index (κ3) is 12.5. The van der Waals surface area contributed by atoms with E-state index in [1.807, 2.05) is 24.3 Å². The predicted molar refractivity (Wildman–Crippen MR) is 126 cm³/mol. The maximum absolute atomic E-state index is 11.8. The van der Waals surface area contributed by atoms with E-state index >= 15 is 0 Å². The summed E-state index contributed by atoms with van der Waals surface area (Å²) in [6.07, 6.45) is 16.0. The van der Waals surface area contributed by atoms with Crippen LogP contribution < -0.4 is 21.3 Å². The summed E-state index contributed by atoms with van der Waals surface area (Å²) in [4.78, 5) is 31.4. The normalized spacial score (nSPS) is 10.4. The summed E-state index contributed by atoms with van der Waals surface area (Å²) < 4.78 is 0. The zero-order valence-corrected chi connectivity index (χ0v) is 18.8. The van der Waals surface area contributed by atoms with Crippen molar-refractivity contribution in [2.45, 2.75) is 64.5 Å². The van der Waals surface area contributed by atoms with Gasteiger partial charge in [0.25, 0.3) is 0 Å². The SMILES string of the molecule is O=C(NCCCCCCCCCCNC(=O)NCc1ccncc1)NCc1ccncc1. The Morgan fingerprint density at radius 1 is 0.531 bits per heavy atom. The summed E-state index contributed by atoms with van der Waals surface area (Å²) >= 11 is 0. The molecule has 0 radical (unpaired) electrons.